The second kappa shape index (κ2) is 5.61. The third kappa shape index (κ3) is 3.16. The van der Waals surface area contributed by atoms with E-state index in [1.807, 2.05) is 42.3 Å². The first-order valence-corrected chi connectivity index (χ1v) is 5.99. The molecule has 0 aliphatic heterocycles. The number of hydrogen-bond acceptors (Lipinski definition) is 3. The zero-order valence-electron chi connectivity index (χ0n) is 11.1. The molecule has 0 aliphatic rings. The Morgan fingerprint density at radius 2 is 1.84 bits per heavy atom. The Morgan fingerprint density at radius 3 is 2.42 bits per heavy atom. The highest BCUT2D eigenvalue weighted by atomic mass is 19.1. The molecule has 2 N–H and O–H groups in total. The van der Waals surface area contributed by atoms with Gasteiger partial charge in [0.15, 0.2) is 11.6 Å². The van der Waals surface area contributed by atoms with Crippen molar-refractivity contribution >= 4 is 11.4 Å². The molecule has 0 saturated heterocycles. The summed E-state index contributed by atoms with van der Waals surface area (Å²) in [6.07, 6.45) is 0. The SMILES string of the molecule is COc1ccc(CN(C)c2ccc(N)cc2)cc1F. The first-order chi connectivity index (χ1) is 9.10. The molecule has 2 aromatic carbocycles. The van der Waals surface area contributed by atoms with Crippen molar-refractivity contribution in [1.82, 2.24) is 0 Å². The van der Waals surface area contributed by atoms with Gasteiger partial charge in [-0.15, -0.1) is 0 Å². The number of nitrogens with two attached hydrogens (primary N) is 1. The minimum atomic E-state index is -0.342. The molecule has 0 unspecified atom stereocenters. The van der Waals surface area contributed by atoms with Crippen molar-refractivity contribution in [3.63, 3.8) is 0 Å². The quantitative estimate of drug-likeness (QED) is 0.859. The van der Waals surface area contributed by atoms with Crippen LogP contribution in [0.2, 0.25) is 0 Å². The summed E-state index contributed by atoms with van der Waals surface area (Å²) >= 11 is 0. The van der Waals surface area contributed by atoms with Crippen LogP contribution >= 0.6 is 0 Å². The van der Waals surface area contributed by atoms with Crippen molar-refractivity contribution < 1.29 is 9.13 Å². The average molecular weight is 260 g/mol. The molecule has 0 amide bonds. The van der Waals surface area contributed by atoms with E-state index in [1.54, 1.807) is 6.07 Å². The predicted octanol–water partition coefficient (Wildman–Crippen LogP) is 3.05. The highest BCUT2D eigenvalue weighted by molar-refractivity contribution is 5.53. The van der Waals surface area contributed by atoms with Crippen molar-refractivity contribution in [3.05, 3.63) is 53.8 Å². The summed E-state index contributed by atoms with van der Waals surface area (Å²) in [6.45, 7) is 0.616. The van der Waals surface area contributed by atoms with Gasteiger partial charge in [-0.05, 0) is 42.0 Å². The molecule has 2 rings (SSSR count). The molecule has 0 atom stereocenters. The first kappa shape index (κ1) is 13.2. The van der Waals surface area contributed by atoms with Crippen molar-refractivity contribution in [2.24, 2.45) is 0 Å². The Morgan fingerprint density at radius 1 is 1.16 bits per heavy atom. The highest BCUT2D eigenvalue weighted by Crippen LogP contribution is 2.21. The van der Waals surface area contributed by atoms with Crippen LogP contribution in [0.3, 0.4) is 0 Å². The van der Waals surface area contributed by atoms with Crippen molar-refractivity contribution in [1.29, 1.82) is 0 Å². The van der Waals surface area contributed by atoms with Crippen molar-refractivity contribution in [2.75, 3.05) is 24.8 Å². The van der Waals surface area contributed by atoms with Gasteiger partial charge in [0.1, 0.15) is 0 Å². The number of rotatable bonds is 4. The molecule has 0 fully saturated rings. The lowest BCUT2D eigenvalue weighted by Crippen LogP contribution is -2.16. The van der Waals surface area contributed by atoms with E-state index in [4.69, 9.17) is 10.5 Å². The lowest BCUT2D eigenvalue weighted by atomic mass is 10.2. The van der Waals surface area contributed by atoms with E-state index >= 15 is 0 Å². The molecular formula is C15H17FN2O. The fraction of sp³-hybridized carbons (Fsp3) is 0.200. The van der Waals surface area contributed by atoms with Gasteiger partial charge in [0.05, 0.1) is 7.11 Å². The number of hydrogen-bond donors (Lipinski definition) is 1. The maximum Gasteiger partial charge on any atom is 0.165 e. The van der Waals surface area contributed by atoms with Gasteiger partial charge in [-0.2, -0.15) is 0 Å². The van der Waals surface area contributed by atoms with E-state index in [9.17, 15) is 4.39 Å². The van der Waals surface area contributed by atoms with Gasteiger partial charge in [-0.1, -0.05) is 6.07 Å². The summed E-state index contributed by atoms with van der Waals surface area (Å²) in [5.74, 6) is -0.0791. The molecule has 0 aliphatic carbocycles. The van der Waals surface area contributed by atoms with Crippen molar-refractivity contribution in [2.45, 2.75) is 6.54 Å². The van der Waals surface area contributed by atoms with Crippen LogP contribution in [0, 0.1) is 5.82 Å². The Balaban J connectivity index is 2.12. The fourth-order valence-corrected chi connectivity index (χ4v) is 1.90. The van der Waals surface area contributed by atoms with Gasteiger partial charge in [0.2, 0.25) is 0 Å². The Hall–Kier alpha value is -2.23. The van der Waals surface area contributed by atoms with Gasteiger partial charge < -0.3 is 15.4 Å². The minimum absolute atomic E-state index is 0.263. The molecule has 3 nitrogen and oxygen atoms in total. The van der Waals surface area contributed by atoms with E-state index in [1.165, 1.54) is 13.2 Å². The van der Waals surface area contributed by atoms with Crippen LogP contribution in [0.25, 0.3) is 0 Å². The molecule has 0 bridgehead atoms. The lowest BCUT2D eigenvalue weighted by Gasteiger charge is -2.19. The van der Waals surface area contributed by atoms with Crippen LogP contribution in [0.15, 0.2) is 42.5 Å². The summed E-state index contributed by atoms with van der Waals surface area (Å²) in [5.41, 5.74) is 8.30. The minimum Gasteiger partial charge on any atom is -0.494 e. The Kier molecular flexibility index (Phi) is 3.90. The van der Waals surface area contributed by atoms with Gasteiger partial charge in [-0.25, -0.2) is 4.39 Å². The molecule has 19 heavy (non-hydrogen) atoms. The second-order valence-electron chi connectivity index (χ2n) is 4.42. The molecular weight excluding hydrogens is 243 g/mol. The van der Waals surface area contributed by atoms with E-state index < -0.39 is 0 Å². The fourth-order valence-electron chi connectivity index (χ4n) is 1.90. The van der Waals surface area contributed by atoms with Crippen LogP contribution in [-0.4, -0.2) is 14.2 Å². The third-order valence-electron chi connectivity index (χ3n) is 2.97. The lowest BCUT2D eigenvalue weighted by molar-refractivity contribution is 0.386. The van der Waals surface area contributed by atoms with E-state index in [0.29, 0.717) is 6.54 Å². The predicted molar refractivity (Wildman–Crippen MR) is 75.9 cm³/mol. The number of benzene rings is 2. The molecule has 0 aromatic heterocycles. The number of halogens is 1. The third-order valence-corrected chi connectivity index (χ3v) is 2.97. The second-order valence-corrected chi connectivity index (χ2v) is 4.42. The standard InChI is InChI=1S/C15H17FN2O/c1-18(13-6-4-12(17)5-7-13)10-11-3-8-15(19-2)14(16)9-11/h3-9H,10,17H2,1-2H3. The molecule has 0 saturated carbocycles. The summed E-state index contributed by atoms with van der Waals surface area (Å²) in [5, 5.41) is 0. The summed E-state index contributed by atoms with van der Waals surface area (Å²) < 4.78 is 18.5. The summed E-state index contributed by atoms with van der Waals surface area (Å²) in [4.78, 5) is 2.03. The largest absolute Gasteiger partial charge is 0.494 e. The number of ether oxygens (including phenoxy) is 1. The summed E-state index contributed by atoms with van der Waals surface area (Å²) in [7, 11) is 3.41. The number of methoxy groups -OCH3 is 1. The van der Waals surface area contributed by atoms with Crippen LogP contribution in [0.1, 0.15) is 5.56 Å². The summed E-state index contributed by atoms with van der Waals surface area (Å²) in [6, 6.07) is 12.6. The van der Waals surface area contributed by atoms with Gasteiger partial charge in [0.25, 0.3) is 0 Å². The van der Waals surface area contributed by atoms with E-state index in [2.05, 4.69) is 0 Å². The van der Waals surface area contributed by atoms with Gasteiger partial charge in [0, 0.05) is 25.0 Å². The number of anilines is 2. The maximum atomic E-state index is 13.6. The van der Waals surface area contributed by atoms with Gasteiger partial charge in [-0.3, -0.25) is 0 Å². The first-order valence-electron chi connectivity index (χ1n) is 5.99. The molecule has 0 radical (unpaired) electrons. The van der Waals surface area contributed by atoms with Crippen molar-refractivity contribution in [3.8, 4) is 5.75 Å². The molecule has 2 aromatic rings. The molecule has 4 heteroatoms. The zero-order valence-corrected chi connectivity index (χ0v) is 11.1. The zero-order chi connectivity index (χ0) is 13.8. The van der Waals surface area contributed by atoms with Crippen LogP contribution in [-0.2, 0) is 6.54 Å². The number of nitrogen functional groups attached to an aromatic ring is 1. The van der Waals surface area contributed by atoms with E-state index in [-0.39, 0.29) is 11.6 Å². The number of nitrogens with zero attached hydrogens (tertiary/aromatic N) is 1. The monoisotopic (exact) mass is 260 g/mol. The Bertz CT molecular complexity index is 555. The Labute approximate surface area is 112 Å². The average Bonchev–Trinajstić information content (AvgIpc) is 2.39. The normalized spacial score (nSPS) is 10.3. The smallest absolute Gasteiger partial charge is 0.165 e. The maximum absolute atomic E-state index is 13.6. The van der Waals surface area contributed by atoms with E-state index in [0.717, 1.165) is 16.9 Å². The van der Waals surface area contributed by atoms with Crippen LogP contribution in [0.4, 0.5) is 15.8 Å². The van der Waals surface area contributed by atoms with Gasteiger partial charge >= 0.3 is 0 Å². The topological polar surface area (TPSA) is 38.5 Å². The molecule has 0 spiro atoms. The highest BCUT2D eigenvalue weighted by Gasteiger charge is 2.06. The van der Waals surface area contributed by atoms with Crippen LogP contribution < -0.4 is 15.4 Å². The molecule has 100 valence electrons. The molecule has 0 heterocycles. The van der Waals surface area contributed by atoms with Crippen LogP contribution in [0.5, 0.6) is 5.75 Å².